The van der Waals surface area contributed by atoms with Crippen molar-refractivity contribution >= 4 is 43.6 Å². The molecule has 0 atom stereocenters. The number of hydrogen-bond acceptors (Lipinski definition) is 4. The van der Waals surface area contributed by atoms with Gasteiger partial charge in [-0.25, -0.2) is 9.97 Å². The van der Waals surface area contributed by atoms with Crippen molar-refractivity contribution in [3.8, 4) is 79.2 Å². The fourth-order valence-electron chi connectivity index (χ4n) is 9.78. The second-order valence-corrected chi connectivity index (χ2v) is 17.1. The number of para-hydroxylation sites is 2. The molecule has 0 saturated carbocycles. The summed E-state index contributed by atoms with van der Waals surface area (Å²) in [6, 6.07) is 85.1. The molecule has 0 N–H and O–H groups in total. The van der Waals surface area contributed by atoms with Crippen LogP contribution in [0.4, 0.5) is 0 Å². The van der Waals surface area contributed by atoms with Crippen molar-refractivity contribution in [3.05, 3.63) is 243 Å². The number of aromatic nitrogens is 6. The van der Waals surface area contributed by atoms with Gasteiger partial charge in [-0.05, 0) is 70.8 Å². The van der Waals surface area contributed by atoms with Gasteiger partial charge in [0.25, 0.3) is 0 Å². The van der Waals surface area contributed by atoms with E-state index in [0.29, 0.717) is 17.6 Å². The Labute approximate surface area is 392 Å². The lowest BCUT2D eigenvalue weighted by atomic mass is 10.00. The SMILES string of the molecule is c1ccc(-c2ccc(-c3nc(-c4ccccc4)nc(-n4c5ccccc5c5c6c7ccccc7n(-c7ccc(-c8cc(-c9ccccc9)nc(-c9ccccc9)c8)cc7)c6ccc54)n3)cc2)cc1. The fraction of sp³-hybridized carbons (Fsp3) is 0. The number of nitrogens with zero attached hydrogens (tertiary/aromatic N) is 6. The van der Waals surface area contributed by atoms with Gasteiger partial charge in [-0.3, -0.25) is 4.57 Å². The molecule has 0 spiro atoms. The lowest BCUT2D eigenvalue weighted by Crippen LogP contribution is -2.06. The maximum absolute atomic E-state index is 5.28. The summed E-state index contributed by atoms with van der Waals surface area (Å²) in [6.07, 6.45) is 0. The summed E-state index contributed by atoms with van der Waals surface area (Å²) in [5.41, 5.74) is 15.8. The Morgan fingerprint density at radius 3 is 1.18 bits per heavy atom. The fourth-order valence-corrected chi connectivity index (χ4v) is 9.78. The van der Waals surface area contributed by atoms with Crippen molar-refractivity contribution in [2.75, 3.05) is 0 Å². The van der Waals surface area contributed by atoms with Crippen molar-refractivity contribution in [2.45, 2.75) is 0 Å². The number of pyridine rings is 1. The quantitative estimate of drug-likeness (QED) is 0.153. The third-order valence-corrected chi connectivity index (χ3v) is 13.0. The third kappa shape index (κ3) is 6.74. The summed E-state index contributed by atoms with van der Waals surface area (Å²) in [5, 5.41) is 4.64. The smallest absolute Gasteiger partial charge is 0.238 e. The maximum atomic E-state index is 5.28. The first-order chi connectivity index (χ1) is 33.7. The number of benzene rings is 9. The Hall–Kier alpha value is -9.26. The minimum absolute atomic E-state index is 0.563. The van der Waals surface area contributed by atoms with Crippen LogP contribution in [0.1, 0.15) is 0 Å². The first-order valence-electron chi connectivity index (χ1n) is 22.9. The molecule has 9 aromatic carbocycles. The van der Waals surface area contributed by atoms with Gasteiger partial charge in [0.2, 0.25) is 5.95 Å². The average molecular weight is 869 g/mol. The minimum atomic E-state index is 0.563. The lowest BCUT2D eigenvalue weighted by Gasteiger charge is -2.12. The Balaban J connectivity index is 0.972. The average Bonchev–Trinajstić information content (AvgIpc) is 3.95. The normalized spacial score (nSPS) is 11.5. The number of hydrogen-bond donors (Lipinski definition) is 0. The summed E-state index contributed by atoms with van der Waals surface area (Å²) >= 11 is 0. The first kappa shape index (κ1) is 39.1. The molecule has 6 nitrogen and oxygen atoms in total. The Morgan fingerprint density at radius 2 is 0.632 bits per heavy atom. The van der Waals surface area contributed by atoms with E-state index >= 15 is 0 Å². The topological polar surface area (TPSA) is 61.4 Å². The van der Waals surface area contributed by atoms with Gasteiger partial charge in [0.05, 0.1) is 33.5 Å². The van der Waals surface area contributed by atoms with Gasteiger partial charge in [-0.2, -0.15) is 9.97 Å². The summed E-state index contributed by atoms with van der Waals surface area (Å²) in [4.78, 5) is 20.7. The largest absolute Gasteiger partial charge is 0.309 e. The molecule has 0 amide bonds. The van der Waals surface area contributed by atoms with Crippen LogP contribution in [0.5, 0.6) is 0 Å². The van der Waals surface area contributed by atoms with E-state index < -0.39 is 0 Å². The predicted molar refractivity (Wildman–Crippen MR) is 279 cm³/mol. The van der Waals surface area contributed by atoms with E-state index in [1.54, 1.807) is 0 Å². The zero-order valence-corrected chi connectivity index (χ0v) is 36.8. The highest BCUT2D eigenvalue weighted by molar-refractivity contribution is 6.28. The zero-order chi connectivity index (χ0) is 45.0. The predicted octanol–water partition coefficient (Wildman–Crippen LogP) is 15.5. The highest BCUT2D eigenvalue weighted by Gasteiger charge is 2.23. The van der Waals surface area contributed by atoms with Crippen molar-refractivity contribution in [1.82, 2.24) is 29.1 Å². The van der Waals surface area contributed by atoms with Gasteiger partial charge in [0, 0.05) is 49.5 Å². The molecule has 6 heteroatoms. The molecule has 0 aliphatic carbocycles. The molecule has 4 heterocycles. The summed E-state index contributed by atoms with van der Waals surface area (Å²) in [6.45, 7) is 0. The third-order valence-electron chi connectivity index (χ3n) is 13.0. The van der Waals surface area contributed by atoms with E-state index in [1.807, 2.05) is 36.4 Å². The Bertz CT molecular complexity index is 3920. The van der Waals surface area contributed by atoms with E-state index in [2.05, 4.69) is 215 Å². The summed E-state index contributed by atoms with van der Waals surface area (Å²) in [5.74, 6) is 1.79. The molecule has 318 valence electrons. The molecule has 0 bridgehead atoms. The summed E-state index contributed by atoms with van der Waals surface area (Å²) < 4.78 is 4.61. The van der Waals surface area contributed by atoms with Crippen LogP contribution in [0.3, 0.4) is 0 Å². The van der Waals surface area contributed by atoms with Gasteiger partial charge in [-0.15, -0.1) is 0 Å². The second-order valence-electron chi connectivity index (χ2n) is 17.1. The highest BCUT2D eigenvalue weighted by atomic mass is 15.2. The molecule has 0 radical (unpaired) electrons. The highest BCUT2D eigenvalue weighted by Crippen LogP contribution is 2.43. The van der Waals surface area contributed by atoms with Crippen molar-refractivity contribution < 1.29 is 0 Å². The molecule has 13 rings (SSSR count). The standard InChI is InChI=1S/C62H40N6/c1-5-17-41(18-6-1)42-29-31-47(32-30-42)61-64-60(46-23-11-4-12-24-46)65-62(66-61)68-55-28-16-14-26-51(55)59-57(68)38-37-56-58(59)50-25-13-15-27-54(50)67(56)49-35-33-43(34-36-49)48-39-52(44-19-7-2-8-20-44)63-53(40-48)45-21-9-3-10-22-45/h1-40H. The van der Waals surface area contributed by atoms with E-state index in [4.69, 9.17) is 19.9 Å². The molecule has 0 aliphatic heterocycles. The van der Waals surface area contributed by atoms with Crippen molar-refractivity contribution in [1.29, 1.82) is 0 Å². The van der Waals surface area contributed by atoms with Crippen LogP contribution in [0.15, 0.2) is 243 Å². The molecular weight excluding hydrogens is 829 g/mol. The van der Waals surface area contributed by atoms with E-state index in [0.717, 1.165) is 94.4 Å². The van der Waals surface area contributed by atoms with Crippen LogP contribution in [-0.2, 0) is 0 Å². The number of fused-ring (bicyclic) bond motifs is 7. The van der Waals surface area contributed by atoms with Crippen LogP contribution in [0.25, 0.3) is 123 Å². The lowest BCUT2D eigenvalue weighted by molar-refractivity contribution is 0.953. The van der Waals surface area contributed by atoms with Gasteiger partial charge in [0.1, 0.15) is 0 Å². The van der Waals surface area contributed by atoms with E-state index in [9.17, 15) is 0 Å². The summed E-state index contributed by atoms with van der Waals surface area (Å²) in [7, 11) is 0. The van der Waals surface area contributed by atoms with Gasteiger partial charge >= 0.3 is 0 Å². The van der Waals surface area contributed by atoms with Crippen LogP contribution in [-0.4, -0.2) is 29.1 Å². The van der Waals surface area contributed by atoms with Crippen molar-refractivity contribution in [2.24, 2.45) is 0 Å². The van der Waals surface area contributed by atoms with Crippen LogP contribution < -0.4 is 0 Å². The first-order valence-corrected chi connectivity index (χ1v) is 22.9. The zero-order valence-electron chi connectivity index (χ0n) is 36.8. The van der Waals surface area contributed by atoms with Crippen LogP contribution in [0.2, 0.25) is 0 Å². The molecule has 68 heavy (non-hydrogen) atoms. The van der Waals surface area contributed by atoms with Crippen LogP contribution in [0, 0.1) is 0 Å². The molecule has 0 fully saturated rings. The number of rotatable bonds is 8. The molecule has 13 aromatic rings. The van der Waals surface area contributed by atoms with Gasteiger partial charge in [0.15, 0.2) is 11.6 Å². The molecule has 0 saturated heterocycles. The Kier molecular flexibility index (Phi) is 9.39. The van der Waals surface area contributed by atoms with Gasteiger partial charge in [-0.1, -0.05) is 194 Å². The Morgan fingerprint density at radius 1 is 0.250 bits per heavy atom. The molecule has 0 unspecified atom stereocenters. The van der Waals surface area contributed by atoms with Gasteiger partial charge < -0.3 is 4.57 Å². The maximum Gasteiger partial charge on any atom is 0.238 e. The van der Waals surface area contributed by atoms with E-state index in [-0.39, 0.29) is 0 Å². The van der Waals surface area contributed by atoms with Crippen LogP contribution >= 0.6 is 0 Å². The van der Waals surface area contributed by atoms with Crippen molar-refractivity contribution in [3.63, 3.8) is 0 Å². The molecule has 4 aromatic heterocycles. The van der Waals surface area contributed by atoms with E-state index in [1.165, 1.54) is 10.8 Å². The monoisotopic (exact) mass is 868 g/mol. The molecular formula is C62H40N6. The minimum Gasteiger partial charge on any atom is -0.309 e. The second kappa shape index (κ2) is 16.3. The molecule has 0 aliphatic rings.